The highest BCUT2D eigenvalue weighted by Gasteiger charge is 2.45. The van der Waals surface area contributed by atoms with Gasteiger partial charge in [0.05, 0.1) is 12.1 Å². The maximum absolute atomic E-state index is 13.6. The summed E-state index contributed by atoms with van der Waals surface area (Å²) in [4.78, 5) is 40.0. The molecule has 3 aromatic carbocycles. The van der Waals surface area contributed by atoms with Crippen molar-refractivity contribution in [3.05, 3.63) is 95.0 Å². The maximum atomic E-state index is 13.6. The van der Waals surface area contributed by atoms with Gasteiger partial charge in [-0.25, -0.2) is 13.8 Å². The van der Waals surface area contributed by atoms with Gasteiger partial charge in [-0.3, -0.25) is 24.7 Å². The molecule has 2 N–H and O–H groups in total. The minimum atomic E-state index is -1.20. The lowest BCUT2D eigenvalue weighted by Crippen LogP contribution is -2.49. The topological polar surface area (TPSA) is 81.8 Å². The van der Waals surface area contributed by atoms with Crippen LogP contribution in [0, 0.1) is 11.6 Å². The summed E-state index contributed by atoms with van der Waals surface area (Å²) in [6.07, 6.45) is -0.385. The van der Waals surface area contributed by atoms with Gasteiger partial charge in [-0.2, -0.15) is 0 Å². The number of hydrazine groups is 1. The third kappa shape index (κ3) is 5.44. The van der Waals surface area contributed by atoms with Crippen LogP contribution in [-0.2, 0) is 9.59 Å². The molecule has 1 atom stereocenters. The molecule has 178 valence electrons. The highest BCUT2D eigenvalue weighted by atomic mass is 35.5. The Bertz CT molecular complexity index is 1300. The average molecular weight is 515 g/mol. The van der Waals surface area contributed by atoms with E-state index in [1.165, 1.54) is 47.4 Å². The second-order valence-corrected chi connectivity index (χ2v) is 8.33. The molecule has 1 aliphatic rings. The summed E-state index contributed by atoms with van der Waals surface area (Å²) in [7, 11) is 0. The summed E-state index contributed by atoms with van der Waals surface area (Å²) in [5.74, 6) is -2.94. The van der Waals surface area contributed by atoms with Crippen molar-refractivity contribution in [1.82, 2.24) is 10.4 Å². The van der Waals surface area contributed by atoms with E-state index in [0.29, 0.717) is 16.4 Å². The maximum Gasteiger partial charge on any atom is 0.269 e. The van der Waals surface area contributed by atoms with E-state index >= 15 is 0 Å². The number of carbonyl (C=O) groups is 3. The fourth-order valence-corrected chi connectivity index (χ4v) is 3.95. The molecule has 0 radical (unpaired) electrons. The molecule has 0 spiro atoms. The van der Waals surface area contributed by atoms with Crippen molar-refractivity contribution in [2.75, 3.05) is 10.2 Å². The second kappa shape index (κ2) is 10.2. The van der Waals surface area contributed by atoms with E-state index in [1.54, 1.807) is 24.3 Å². The molecule has 1 fully saturated rings. The number of amides is 3. The first-order valence-electron chi connectivity index (χ1n) is 10.3. The Morgan fingerprint density at radius 2 is 1.66 bits per heavy atom. The molecule has 11 heteroatoms. The van der Waals surface area contributed by atoms with Crippen LogP contribution in [0.25, 0.3) is 0 Å². The molecule has 0 bridgehead atoms. The lowest BCUT2D eigenvalue weighted by atomic mass is 10.1. The van der Waals surface area contributed by atoms with Crippen molar-refractivity contribution in [3.63, 3.8) is 0 Å². The molecular weight excluding hydrogens is 498 g/mol. The quantitative estimate of drug-likeness (QED) is 0.480. The van der Waals surface area contributed by atoms with Gasteiger partial charge in [0.1, 0.15) is 17.7 Å². The molecule has 3 aromatic rings. The van der Waals surface area contributed by atoms with E-state index in [0.717, 1.165) is 11.1 Å². The lowest BCUT2D eigenvalue weighted by molar-refractivity contribution is -0.124. The van der Waals surface area contributed by atoms with Crippen molar-refractivity contribution in [2.45, 2.75) is 12.5 Å². The van der Waals surface area contributed by atoms with Crippen molar-refractivity contribution in [3.8, 4) is 0 Å². The van der Waals surface area contributed by atoms with Crippen LogP contribution in [0.3, 0.4) is 0 Å². The van der Waals surface area contributed by atoms with Gasteiger partial charge >= 0.3 is 0 Å². The zero-order chi connectivity index (χ0) is 25.1. The molecule has 7 nitrogen and oxygen atoms in total. The average Bonchev–Trinajstić information content (AvgIpc) is 3.05. The van der Waals surface area contributed by atoms with Crippen LogP contribution in [0.15, 0.2) is 72.8 Å². The lowest BCUT2D eigenvalue weighted by Gasteiger charge is -2.24. The number of thiocarbonyl (C=S) groups is 1. The Balaban J connectivity index is 1.60. The number of nitrogens with one attached hydrogen (secondary N) is 2. The molecule has 1 aliphatic heterocycles. The summed E-state index contributed by atoms with van der Waals surface area (Å²) in [6.45, 7) is 0. The first-order chi connectivity index (χ1) is 16.7. The van der Waals surface area contributed by atoms with Crippen LogP contribution < -0.4 is 15.6 Å². The van der Waals surface area contributed by atoms with Crippen molar-refractivity contribution < 1.29 is 23.2 Å². The van der Waals surface area contributed by atoms with Gasteiger partial charge in [-0.05, 0) is 78.9 Å². The van der Waals surface area contributed by atoms with Gasteiger partial charge in [0.15, 0.2) is 0 Å². The predicted molar refractivity (Wildman–Crippen MR) is 131 cm³/mol. The highest BCUT2D eigenvalue weighted by Crippen LogP contribution is 2.27. The fourth-order valence-electron chi connectivity index (χ4n) is 3.45. The van der Waals surface area contributed by atoms with Gasteiger partial charge in [-0.1, -0.05) is 17.7 Å². The molecule has 0 aliphatic carbocycles. The Morgan fingerprint density at radius 3 is 2.31 bits per heavy atom. The zero-order valence-corrected chi connectivity index (χ0v) is 19.4. The van der Waals surface area contributed by atoms with Gasteiger partial charge in [-0.15, -0.1) is 0 Å². The van der Waals surface area contributed by atoms with Crippen LogP contribution in [0.5, 0.6) is 0 Å². The van der Waals surface area contributed by atoms with Crippen LogP contribution in [0.4, 0.5) is 20.2 Å². The van der Waals surface area contributed by atoms with E-state index < -0.39 is 35.4 Å². The number of hydrogen-bond donors (Lipinski definition) is 2. The SMILES string of the molecule is O=C(CC1C(=O)N(c2ccc(Cl)cc2)C(=S)N1NC(=O)c1cccc(F)c1)Nc1ccc(F)cc1. The summed E-state index contributed by atoms with van der Waals surface area (Å²) in [5, 5.41) is 4.04. The third-order valence-electron chi connectivity index (χ3n) is 5.11. The molecule has 1 unspecified atom stereocenters. The predicted octanol–water partition coefficient (Wildman–Crippen LogP) is 4.29. The molecule has 3 amide bonds. The molecular formula is C24H17ClF2N4O3S. The summed E-state index contributed by atoms with van der Waals surface area (Å²) in [5.41, 5.74) is 3.22. The van der Waals surface area contributed by atoms with Gasteiger partial charge in [0.2, 0.25) is 11.0 Å². The Labute approximate surface area is 209 Å². The van der Waals surface area contributed by atoms with Crippen LogP contribution in [0.2, 0.25) is 5.02 Å². The number of nitrogens with zero attached hydrogens (tertiary/aromatic N) is 2. The molecule has 0 aromatic heterocycles. The number of carbonyl (C=O) groups excluding carboxylic acids is 3. The highest BCUT2D eigenvalue weighted by molar-refractivity contribution is 7.80. The smallest absolute Gasteiger partial charge is 0.269 e. The largest absolute Gasteiger partial charge is 0.326 e. The van der Waals surface area contributed by atoms with E-state index in [4.69, 9.17) is 23.8 Å². The Kier molecular flexibility index (Phi) is 7.04. The van der Waals surface area contributed by atoms with Crippen molar-refractivity contribution in [2.24, 2.45) is 0 Å². The Hall–Kier alpha value is -3.89. The fraction of sp³-hybridized carbons (Fsp3) is 0.0833. The monoisotopic (exact) mass is 514 g/mol. The first-order valence-corrected chi connectivity index (χ1v) is 11.1. The molecule has 1 saturated heterocycles. The molecule has 35 heavy (non-hydrogen) atoms. The van der Waals surface area contributed by atoms with Crippen LogP contribution in [0.1, 0.15) is 16.8 Å². The molecule has 4 rings (SSSR count). The number of anilines is 2. The van der Waals surface area contributed by atoms with Gasteiger partial charge in [0.25, 0.3) is 11.8 Å². The zero-order valence-electron chi connectivity index (χ0n) is 17.9. The van der Waals surface area contributed by atoms with E-state index in [2.05, 4.69) is 10.7 Å². The minimum Gasteiger partial charge on any atom is -0.326 e. The second-order valence-electron chi connectivity index (χ2n) is 7.53. The van der Waals surface area contributed by atoms with E-state index in [1.807, 2.05) is 0 Å². The Morgan fingerprint density at radius 1 is 0.971 bits per heavy atom. The number of halogens is 3. The van der Waals surface area contributed by atoms with Crippen molar-refractivity contribution >= 4 is 58.0 Å². The van der Waals surface area contributed by atoms with Gasteiger partial charge in [0, 0.05) is 16.3 Å². The van der Waals surface area contributed by atoms with Crippen LogP contribution in [-0.4, -0.2) is 33.9 Å². The molecule has 0 saturated carbocycles. The number of hydrogen-bond acceptors (Lipinski definition) is 4. The first kappa shape index (κ1) is 24.2. The normalized spacial score (nSPS) is 15.3. The minimum absolute atomic E-state index is 0.000273. The van der Waals surface area contributed by atoms with Gasteiger partial charge < -0.3 is 5.32 Å². The van der Waals surface area contributed by atoms with Crippen molar-refractivity contribution in [1.29, 1.82) is 0 Å². The van der Waals surface area contributed by atoms with E-state index in [9.17, 15) is 23.2 Å². The van der Waals surface area contributed by atoms with E-state index in [-0.39, 0.29) is 17.1 Å². The summed E-state index contributed by atoms with van der Waals surface area (Å²) in [6, 6.07) is 15.2. The third-order valence-corrected chi connectivity index (χ3v) is 5.75. The summed E-state index contributed by atoms with van der Waals surface area (Å²) < 4.78 is 26.8. The van der Waals surface area contributed by atoms with Crippen LogP contribution >= 0.6 is 23.8 Å². The number of rotatable bonds is 6. The number of benzene rings is 3. The molecule has 1 heterocycles. The summed E-state index contributed by atoms with van der Waals surface area (Å²) >= 11 is 11.4. The standard InChI is InChI=1S/C24H17ClF2N4O3S/c25-15-4-10-19(11-5-15)30-23(34)20(13-21(32)28-18-8-6-16(26)7-9-18)31(24(30)35)29-22(33)14-2-1-3-17(27)12-14/h1-12,20H,13H2,(H,28,32)(H,29,33).